The summed E-state index contributed by atoms with van der Waals surface area (Å²) < 4.78 is 5.48. The maximum atomic E-state index is 5.48. The number of ether oxygens (including phenoxy) is 1. The Balaban J connectivity index is 0. The molecule has 0 atom stereocenters. The predicted molar refractivity (Wildman–Crippen MR) is 56.1 cm³/mol. The summed E-state index contributed by atoms with van der Waals surface area (Å²) in [6.07, 6.45) is 3.63. The van der Waals surface area contributed by atoms with E-state index in [2.05, 4.69) is 13.0 Å². The third kappa shape index (κ3) is 7.65. The third-order valence-corrected chi connectivity index (χ3v) is 1.70. The summed E-state index contributed by atoms with van der Waals surface area (Å²) in [5.74, 6) is 0.925. The minimum Gasteiger partial charge on any atom is -1.00 e. The summed E-state index contributed by atoms with van der Waals surface area (Å²) in [6.45, 7) is 3.02. The van der Waals surface area contributed by atoms with Crippen molar-refractivity contribution in [2.75, 3.05) is 6.61 Å². The number of unbranched alkanes of at least 4 members (excludes halogenated alkanes) is 2. The molecule has 0 bridgehead atoms. The molecule has 0 saturated heterocycles. The van der Waals surface area contributed by atoms with Gasteiger partial charge in [-0.2, -0.15) is 18.2 Å². The minimum atomic E-state index is 0. The zero-order valence-corrected chi connectivity index (χ0v) is 11.6. The average Bonchev–Trinajstić information content (AvgIpc) is 2.14. The predicted octanol–water partition coefficient (Wildman–Crippen LogP) is -0.321. The molecule has 1 rings (SSSR count). The van der Waals surface area contributed by atoms with Crippen molar-refractivity contribution in [3.63, 3.8) is 0 Å². The van der Waals surface area contributed by atoms with Gasteiger partial charge in [-0.05, 0) is 6.42 Å². The molecule has 0 radical (unpaired) electrons. The van der Waals surface area contributed by atoms with Crippen LogP contribution in [0, 0.1) is 6.07 Å². The second kappa shape index (κ2) is 11.3. The van der Waals surface area contributed by atoms with Crippen LogP contribution in [0.1, 0.15) is 26.2 Å². The third-order valence-electron chi connectivity index (χ3n) is 1.70. The molecular weight excluding hydrogens is 252 g/mol. The zero-order valence-electron chi connectivity index (χ0n) is 8.63. The Morgan fingerprint density at radius 1 is 1.36 bits per heavy atom. The van der Waals surface area contributed by atoms with E-state index < -0.39 is 0 Å². The molecule has 0 unspecified atom stereocenters. The van der Waals surface area contributed by atoms with Gasteiger partial charge in [0.2, 0.25) is 0 Å². The van der Waals surface area contributed by atoms with Crippen LogP contribution in [0.4, 0.5) is 0 Å². The van der Waals surface area contributed by atoms with Crippen molar-refractivity contribution in [2.45, 2.75) is 26.2 Å². The van der Waals surface area contributed by atoms with Gasteiger partial charge < -0.3 is 21.7 Å². The minimum absolute atomic E-state index is 0. The number of benzene rings is 1. The van der Waals surface area contributed by atoms with Gasteiger partial charge in [-0.1, -0.05) is 19.8 Å². The second-order valence-corrected chi connectivity index (χ2v) is 2.79. The summed E-state index contributed by atoms with van der Waals surface area (Å²) in [5, 5.41) is 0. The maximum Gasteiger partial charge on any atom is 2.00 e. The van der Waals surface area contributed by atoms with Gasteiger partial charge in [0.15, 0.2) is 0 Å². The largest absolute Gasteiger partial charge is 2.00 e. The molecule has 0 spiro atoms. The number of halogens is 1. The van der Waals surface area contributed by atoms with Crippen LogP contribution in [0.25, 0.3) is 0 Å². The molecule has 0 N–H and O–H groups in total. The first kappa shape index (κ1) is 16.7. The summed E-state index contributed by atoms with van der Waals surface area (Å²) in [4.78, 5) is 0. The molecule has 14 heavy (non-hydrogen) atoms. The van der Waals surface area contributed by atoms with Crippen molar-refractivity contribution < 1.29 is 21.7 Å². The van der Waals surface area contributed by atoms with Gasteiger partial charge in [0.05, 0.1) is 6.61 Å². The maximum absolute atomic E-state index is 5.48. The Kier molecular flexibility index (Phi) is 13.5. The van der Waals surface area contributed by atoms with Crippen molar-refractivity contribution in [3.05, 3.63) is 30.3 Å². The van der Waals surface area contributed by atoms with Crippen LogP contribution in [0.5, 0.6) is 5.75 Å². The fourth-order valence-electron chi connectivity index (χ4n) is 1.01. The molecule has 3 heteroatoms. The first-order valence-electron chi connectivity index (χ1n) is 4.52. The molecule has 0 amide bonds. The van der Waals surface area contributed by atoms with E-state index in [1.165, 1.54) is 12.8 Å². The summed E-state index contributed by atoms with van der Waals surface area (Å²) in [5.41, 5.74) is 0. The van der Waals surface area contributed by atoms with E-state index in [0.717, 1.165) is 18.8 Å². The van der Waals surface area contributed by atoms with E-state index >= 15 is 0 Å². The topological polar surface area (TPSA) is 9.23 Å². The normalized spacial score (nSPS) is 8.36. The van der Waals surface area contributed by atoms with Crippen molar-refractivity contribution >= 4 is 23.1 Å². The number of rotatable bonds is 5. The number of hydrogen-bond donors (Lipinski definition) is 0. The number of hydrogen-bond acceptors (Lipinski definition) is 1. The van der Waals surface area contributed by atoms with Gasteiger partial charge in [0.25, 0.3) is 0 Å². The molecule has 0 heterocycles. The summed E-state index contributed by atoms with van der Waals surface area (Å²) in [6, 6.07) is 10.6. The van der Waals surface area contributed by atoms with Crippen LogP contribution < -0.4 is 21.7 Å². The molecule has 0 fully saturated rings. The molecule has 0 aliphatic rings. The van der Waals surface area contributed by atoms with Crippen molar-refractivity contribution in [1.29, 1.82) is 0 Å². The molecule has 0 aromatic heterocycles. The van der Waals surface area contributed by atoms with Crippen LogP contribution in [-0.2, 0) is 0 Å². The Hall–Kier alpha value is 0.266. The Labute approximate surface area is 113 Å². The van der Waals surface area contributed by atoms with E-state index in [4.69, 9.17) is 4.74 Å². The Morgan fingerprint density at radius 2 is 2.14 bits per heavy atom. The molecule has 1 nitrogen and oxygen atoms in total. The second-order valence-electron chi connectivity index (χ2n) is 2.79. The van der Waals surface area contributed by atoms with Gasteiger partial charge in [-0.3, -0.25) is 0 Å². The molecule has 0 aliphatic heterocycles. The Bertz CT molecular complexity index is 204. The van der Waals surface area contributed by atoms with Gasteiger partial charge in [0.1, 0.15) is 0 Å². The van der Waals surface area contributed by atoms with E-state index in [1.807, 2.05) is 24.3 Å². The molecular formula is C11H15BrMgO. The Morgan fingerprint density at radius 3 is 2.71 bits per heavy atom. The van der Waals surface area contributed by atoms with E-state index in [-0.39, 0.29) is 40.0 Å². The quantitative estimate of drug-likeness (QED) is 0.404. The molecule has 74 valence electrons. The van der Waals surface area contributed by atoms with E-state index in [1.54, 1.807) is 0 Å². The summed E-state index contributed by atoms with van der Waals surface area (Å²) in [7, 11) is 0. The molecule has 1 aromatic carbocycles. The van der Waals surface area contributed by atoms with Crippen LogP contribution >= 0.6 is 0 Å². The molecule has 0 saturated carbocycles. The van der Waals surface area contributed by atoms with Gasteiger partial charge >= 0.3 is 23.1 Å². The first-order chi connectivity index (χ1) is 5.93. The van der Waals surface area contributed by atoms with Gasteiger partial charge in [-0.25, -0.2) is 0 Å². The van der Waals surface area contributed by atoms with Crippen molar-refractivity contribution in [2.24, 2.45) is 0 Å². The smallest absolute Gasteiger partial charge is 1.00 e. The van der Waals surface area contributed by atoms with Crippen molar-refractivity contribution in [3.8, 4) is 5.75 Å². The van der Waals surface area contributed by atoms with E-state index in [9.17, 15) is 0 Å². The van der Waals surface area contributed by atoms with Crippen LogP contribution in [-0.4, -0.2) is 29.7 Å². The standard InChI is InChI=1S/C11H15O.BrH.Mg/c1-2-3-7-10-12-11-8-5-4-6-9-11;;/h4-5,8-9H,2-3,7,10H2,1H3;1H;/q-1;;+2/p-1. The van der Waals surface area contributed by atoms with Crippen LogP contribution in [0.2, 0.25) is 0 Å². The fraction of sp³-hybridized carbons (Fsp3) is 0.455. The monoisotopic (exact) mass is 266 g/mol. The van der Waals surface area contributed by atoms with Crippen LogP contribution in [0.3, 0.4) is 0 Å². The van der Waals surface area contributed by atoms with Crippen molar-refractivity contribution in [1.82, 2.24) is 0 Å². The van der Waals surface area contributed by atoms with Gasteiger partial charge in [0, 0.05) is 5.75 Å². The van der Waals surface area contributed by atoms with Gasteiger partial charge in [-0.15, -0.1) is 12.1 Å². The SMILES string of the molecule is CCCCCOc1c[c-]ccc1.[Br-].[Mg+2]. The summed E-state index contributed by atoms with van der Waals surface area (Å²) >= 11 is 0. The fourth-order valence-corrected chi connectivity index (χ4v) is 1.01. The molecule has 1 aromatic rings. The average molecular weight is 267 g/mol. The van der Waals surface area contributed by atoms with Crippen LogP contribution in [0.15, 0.2) is 24.3 Å². The van der Waals surface area contributed by atoms with E-state index in [0.29, 0.717) is 0 Å². The zero-order chi connectivity index (χ0) is 8.65. The molecule has 0 aliphatic carbocycles. The first-order valence-corrected chi connectivity index (χ1v) is 4.52.